The molecule has 10 nitrogen and oxygen atoms in total. The number of carbonyl (C=O) groups excluding carboxylic acids is 3. The molecule has 2 N–H and O–H groups in total. The van der Waals surface area contributed by atoms with Crippen molar-refractivity contribution in [1.82, 2.24) is 10.3 Å². The van der Waals surface area contributed by atoms with E-state index in [0.717, 1.165) is 39.1 Å². The second-order valence-corrected chi connectivity index (χ2v) is 14.4. The molecule has 4 unspecified atom stereocenters. The van der Waals surface area contributed by atoms with E-state index >= 15 is 0 Å². The van der Waals surface area contributed by atoms with E-state index in [1.807, 2.05) is 109 Å². The Balaban J connectivity index is 0.995. The van der Waals surface area contributed by atoms with Gasteiger partial charge in [0.2, 0.25) is 0 Å². The number of nitrogens with zero attached hydrogens (tertiary/aromatic N) is 1. The second kappa shape index (κ2) is 15.9. The van der Waals surface area contributed by atoms with E-state index in [2.05, 4.69) is 17.0 Å². The Hall–Kier alpha value is -5.85. The van der Waals surface area contributed by atoms with E-state index in [4.69, 9.17) is 18.9 Å². The van der Waals surface area contributed by atoms with Gasteiger partial charge >= 0.3 is 11.9 Å². The van der Waals surface area contributed by atoms with Gasteiger partial charge in [-0.05, 0) is 34.9 Å². The summed E-state index contributed by atoms with van der Waals surface area (Å²) in [7, 11) is 0. The molecule has 4 atom stereocenters. The van der Waals surface area contributed by atoms with Gasteiger partial charge in [-0.15, -0.1) is 0 Å². The summed E-state index contributed by atoms with van der Waals surface area (Å²) in [6, 6.07) is 39.6. The minimum atomic E-state index is -0.760. The van der Waals surface area contributed by atoms with Gasteiger partial charge in [0.25, 0.3) is 11.1 Å². The van der Waals surface area contributed by atoms with Crippen LogP contribution >= 0.6 is 11.8 Å². The minimum absolute atomic E-state index is 0.0467. The zero-order chi connectivity index (χ0) is 37.9. The van der Waals surface area contributed by atoms with E-state index in [1.54, 1.807) is 0 Å². The number of aliphatic hydroxyl groups is 1. The van der Waals surface area contributed by atoms with Gasteiger partial charge in [-0.3, -0.25) is 4.79 Å². The summed E-state index contributed by atoms with van der Waals surface area (Å²) >= 11 is 1.50. The van der Waals surface area contributed by atoms with Gasteiger partial charge in [0.15, 0.2) is 12.1 Å². The highest BCUT2D eigenvalue weighted by molar-refractivity contribution is 7.99. The van der Waals surface area contributed by atoms with E-state index in [1.165, 1.54) is 30.0 Å². The normalized spacial score (nSPS) is 19.2. The molecule has 55 heavy (non-hydrogen) atoms. The molecule has 3 heterocycles. The second-order valence-electron chi connectivity index (χ2n) is 13.4. The third kappa shape index (κ3) is 7.73. The third-order valence-corrected chi connectivity index (χ3v) is 10.7. The number of thioether (sulfide) groups is 1. The maximum atomic E-state index is 12.9. The molecule has 1 saturated heterocycles. The lowest BCUT2D eigenvalue weighted by molar-refractivity contribution is -0.268. The molecule has 6 aromatic rings. The van der Waals surface area contributed by atoms with Crippen molar-refractivity contribution >= 4 is 29.6 Å². The fourth-order valence-electron chi connectivity index (χ4n) is 6.71. The van der Waals surface area contributed by atoms with Crippen molar-refractivity contribution in [2.75, 3.05) is 5.75 Å². The van der Waals surface area contributed by atoms with E-state index in [-0.39, 0.29) is 53.9 Å². The average Bonchev–Trinajstić information content (AvgIpc) is 3.79. The van der Waals surface area contributed by atoms with Crippen LogP contribution in [0.25, 0.3) is 22.6 Å². The lowest BCUT2D eigenvalue weighted by atomic mass is 9.91. The zero-order valence-corrected chi connectivity index (χ0v) is 30.5. The van der Waals surface area contributed by atoms with Crippen LogP contribution in [0, 0.1) is 5.92 Å². The Morgan fingerprint density at radius 3 is 2.13 bits per heavy atom. The first-order valence-electron chi connectivity index (χ1n) is 17.9. The molecule has 0 bridgehead atoms. The van der Waals surface area contributed by atoms with Crippen LogP contribution in [0.3, 0.4) is 0 Å². The number of carbonyl (C=O) groups is 3. The lowest BCUT2D eigenvalue weighted by Crippen LogP contribution is -2.38. The van der Waals surface area contributed by atoms with Gasteiger partial charge in [0.05, 0.1) is 29.9 Å². The highest BCUT2D eigenvalue weighted by Crippen LogP contribution is 2.44. The average molecular weight is 753 g/mol. The Morgan fingerprint density at radius 1 is 0.764 bits per heavy atom. The number of aliphatic hydroxyl groups excluding tert-OH is 1. The summed E-state index contributed by atoms with van der Waals surface area (Å²) < 4.78 is 24.4. The molecule has 0 saturated carbocycles. The molecule has 0 aliphatic carbocycles. The summed E-state index contributed by atoms with van der Waals surface area (Å²) in [4.78, 5) is 41.6. The summed E-state index contributed by atoms with van der Waals surface area (Å²) in [5.74, 6) is -0.653. The number of nitrogens with one attached hydrogen (secondary N) is 1. The van der Waals surface area contributed by atoms with Crippen LogP contribution in [0.1, 0.15) is 72.6 Å². The monoisotopic (exact) mass is 752 g/mol. The maximum Gasteiger partial charge on any atom is 0.346 e. The van der Waals surface area contributed by atoms with E-state index < -0.39 is 18.2 Å². The quantitative estimate of drug-likeness (QED) is 0.0755. The summed E-state index contributed by atoms with van der Waals surface area (Å²) in [6.45, 7) is 2.29. The van der Waals surface area contributed by atoms with Crippen molar-refractivity contribution < 1.29 is 38.1 Å². The highest BCUT2D eigenvalue weighted by atomic mass is 32.2. The van der Waals surface area contributed by atoms with Crippen LogP contribution in [0.15, 0.2) is 137 Å². The van der Waals surface area contributed by atoms with Crippen LogP contribution in [0.2, 0.25) is 0 Å². The Bertz CT molecular complexity index is 2270. The predicted molar refractivity (Wildman–Crippen MR) is 205 cm³/mol. The maximum absolute atomic E-state index is 12.9. The third-order valence-electron chi connectivity index (χ3n) is 9.80. The molecule has 2 aliphatic rings. The topological polar surface area (TPSA) is 137 Å². The molecule has 276 valence electrons. The predicted octanol–water partition coefficient (Wildman–Crippen LogP) is 8.33. The molecule has 1 amide bonds. The number of oxazole rings is 1. The number of aromatic nitrogens is 1. The SMILES string of the molecule is CC1C(CSc2nc(-c3ccccc3)c(-c3ccccc3)o2)OC(c2ccc(CNC(=O)c3ccc4c(c3)C(=O)OC4=O)cc2)OC1c1ccc(CO)cc1. The lowest BCUT2D eigenvalue weighted by Gasteiger charge is -2.41. The Labute approximate surface area is 321 Å². The largest absolute Gasteiger partial charge is 0.431 e. The van der Waals surface area contributed by atoms with Crippen molar-refractivity contribution in [3.05, 3.63) is 166 Å². The van der Waals surface area contributed by atoms with Gasteiger partial charge in [-0.25, -0.2) is 14.6 Å². The molecule has 5 aromatic carbocycles. The number of rotatable bonds is 11. The number of cyclic esters (lactones) is 2. The standard InChI is InChI=1S/C44H36N2O8S/c1-26-36(25-55-44-46-37(29-8-4-2-5-9-29)39(53-44)30-10-6-3-7-11-30)51-43(52-38(26)31-16-14-28(24-47)15-17-31)32-18-12-27(13-19-32)23-45-40(48)33-20-21-34-35(22-33)42(50)54-41(34)49/h2-22,26,36,38,43,47H,23-25H2,1H3,(H,45,48). The first-order chi connectivity index (χ1) is 26.8. The van der Waals surface area contributed by atoms with E-state index in [0.29, 0.717) is 16.7 Å². The zero-order valence-electron chi connectivity index (χ0n) is 29.7. The first kappa shape index (κ1) is 36.1. The molecule has 2 aliphatic heterocycles. The number of hydrogen-bond donors (Lipinski definition) is 2. The van der Waals surface area contributed by atoms with Crippen molar-refractivity contribution in [2.24, 2.45) is 5.92 Å². The molecule has 1 aromatic heterocycles. The van der Waals surface area contributed by atoms with Crippen molar-refractivity contribution in [2.45, 2.75) is 43.8 Å². The highest BCUT2D eigenvalue weighted by Gasteiger charge is 2.39. The summed E-state index contributed by atoms with van der Waals surface area (Å²) in [5, 5.41) is 13.1. The van der Waals surface area contributed by atoms with Gasteiger partial charge in [0.1, 0.15) is 5.69 Å². The molecule has 0 spiro atoms. The van der Waals surface area contributed by atoms with Crippen LogP contribution in [-0.2, 0) is 27.4 Å². The minimum Gasteiger partial charge on any atom is -0.431 e. The van der Waals surface area contributed by atoms with Gasteiger partial charge in [0, 0.05) is 40.5 Å². The number of benzene rings is 5. The molecule has 0 radical (unpaired) electrons. The fraction of sp³-hybridized carbons (Fsp3) is 0.182. The van der Waals surface area contributed by atoms with Crippen LogP contribution < -0.4 is 5.32 Å². The van der Waals surface area contributed by atoms with Crippen molar-refractivity contribution in [3.63, 3.8) is 0 Å². The van der Waals surface area contributed by atoms with Gasteiger partial charge in [-0.1, -0.05) is 128 Å². The summed E-state index contributed by atoms with van der Waals surface area (Å²) in [6.07, 6.45) is -1.25. The smallest absolute Gasteiger partial charge is 0.346 e. The Morgan fingerprint density at radius 2 is 1.42 bits per heavy atom. The number of esters is 2. The molecule has 11 heteroatoms. The van der Waals surface area contributed by atoms with Crippen LogP contribution in [0.5, 0.6) is 0 Å². The molecular formula is C44H36N2O8S. The fourth-order valence-corrected chi connectivity index (χ4v) is 7.69. The van der Waals surface area contributed by atoms with Gasteiger partial charge in [-0.2, -0.15) is 0 Å². The number of amides is 1. The van der Waals surface area contributed by atoms with Crippen LogP contribution in [-0.4, -0.2) is 39.8 Å². The van der Waals surface area contributed by atoms with Crippen molar-refractivity contribution in [1.29, 1.82) is 0 Å². The molecule has 1 fully saturated rings. The van der Waals surface area contributed by atoms with Crippen LogP contribution in [0.4, 0.5) is 0 Å². The molecular weight excluding hydrogens is 717 g/mol. The number of hydrogen-bond acceptors (Lipinski definition) is 10. The first-order valence-corrected chi connectivity index (χ1v) is 18.9. The summed E-state index contributed by atoms with van der Waals surface area (Å²) in [5.41, 5.74) is 6.61. The number of ether oxygens (including phenoxy) is 3. The van der Waals surface area contributed by atoms with Gasteiger partial charge < -0.3 is 29.1 Å². The molecule has 8 rings (SSSR count). The number of fused-ring (bicyclic) bond motifs is 1. The Kier molecular flexibility index (Phi) is 10.4. The van der Waals surface area contributed by atoms with Crippen molar-refractivity contribution in [3.8, 4) is 22.6 Å². The van der Waals surface area contributed by atoms with E-state index in [9.17, 15) is 19.5 Å².